The van der Waals surface area contributed by atoms with Crippen molar-refractivity contribution in [2.24, 2.45) is 5.92 Å². The molecule has 0 saturated carbocycles. The smallest absolute Gasteiger partial charge is 0.243 e. The highest BCUT2D eigenvalue weighted by atomic mass is 16.1. The van der Waals surface area contributed by atoms with E-state index in [0.29, 0.717) is 5.92 Å². The molecule has 0 bridgehead atoms. The van der Waals surface area contributed by atoms with Crippen LogP contribution in [0.1, 0.15) is 52.9 Å². The Morgan fingerprint density at radius 1 is 1.24 bits per heavy atom. The Kier molecular flexibility index (Phi) is 10.7. The van der Waals surface area contributed by atoms with E-state index in [2.05, 4.69) is 32.2 Å². The minimum absolute atomic E-state index is 0.00325. The maximum absolute atomic E-state index is 11.4. The molecule has 0 rings (SSSR count). The molecule has 0 fully saturated rings. The van der Waals surface area contributed by atoms with Gasteiger partial charge in [0.15, 0.2) is 0 Å². The van der Waals surface area contributed by atoms with Crippen molar-refractivity contribution in [3.8, 4) is 0 Å². The van der Waals surface area contributed by atoms with Crippen molar-refractivity contribution < 1.29 is 4.79 Å². The molecule has 0 aliphatic carbocycles. The first-order chi connectivity index (χ1) is 8.20. The van der Waals surface area contributed by atoms with Gasteiger partial charge in [0.1, 0.15) is 0 Å². The number of allylic oxidation sites excluding steroid dienone is 3. The summed E-state index contributed by atoms with van der Waals surface area (Å²) in [6.45, 7) is 7.23. The summed E-state index contributed by atoms with van der Waals surface area (Å²) < 4.78 is 0. The van der Waals surface area contributed by atoms with E-state index in [0.717, 1.165) is 19.4 Å². The zero-order valence-corrected chi connectivity index (χ0v) is 11.5. The number of hydrogen-bond acceptors (Lipinski definition) is 1. The summed E-state index contributed by atoms with van der Waals surface area (Å²) in [7, 11) is 0. The van der Waals surface area contributed by atoms with E-state index in [9.17, 15) is 4.79 Å². The predicted molar refractivity (Wildman–Crippen MR) is 74.9 cm³/mol. The summed E-state index contributed by atoms with van der Waals surface area (Å²) in [5.74, 6) is 0.556. The molecule has 0 spiro atoms. The highest BCUT2D eigenvalue weighted by Gasteiger charge is 1.99. The Balaban J connectivity index is 3.59. The number of hydrogen-bond donors (Lipinski definition) is 1. The van der Waals surface area contributed by atoms with Gasteiger partial charge < -0.3 is 5.32 Å². The second-order valence-electron chi connectivity index (χ2n) is 4.54. The quantitative estimate of drug-likeness (QED) is 0.368. The van der Waals surface area contributed by atoms with E-state index in [4.69, 9.17) is 0 Å². The lowest BCUT2D eigenvalue weighted by Gasteiger charge is -2.07. The van der Waals surface area contributed by atoms with Crippen molar-refractivity contribution in [3.05, 3.63) is 24.3 Å². The third-order valence-electron chi connectivity index (χ3n) is 2.79. The van der Waals surface area contributed by atoms with Crippen LogP contribution in [0, 0.1) is 5.92 Å². The number of rotatable bonds is 9. The van der Waals surface area contributed by atoms with Gasteiger partial charge in [-0.1, -0.05) is 58.3 Å². The normalized spacial score (nSPS) is 13.4. The van der Waals surface area contributed by atoms with Gasteiger partial charge in [0.05, 0.1) is 0 Å². The Morgan fingerprint density at radius 3 is 2.65 bits per heavy atom. The van der Waals surface area contributed by atoms with Gasteiger partial charge in [0, 0.05) is 12.6 Å². The minimum atomic E-state index is 0.00325. The Labute approximate surface area is 106 Å². The van der Waals surface area contributed by atoms with Crippen LogP contribution in [-0.2, 0) is 4.79 Å². The predicted octanol–water partition coefficient (Wildman–Crippen LogP) is 3.84. The zero-order chi connectivity index (χ0) is 12.9. The van der Waals surface area contributed by atoms with Crippen molar-refractivity contribution in [1.29, 1.82) is 0 Å². The molecule has 1 unspecified atom stereocenters. The first-order valence-electron chi connectivity index (χ1n) is 6.81. The number of unbranched alkanes of at least 4 members (excludes halogenated alkanes) is 3. The first kappa shape index (κ1) is 16.0. The molecule has 0 aliphatic rings. The number of carbonyl (C=O) groups excluding carboxylic acids is 1. The van der Waals surface area contributed by atoms with Gasteiger partial charge in [-0.3, -0.25) is 4.79 Å². The molecule has 0 radical (unpaired) electrons. The standard InChI is InChI=1S/C15H27NO/c1-4-6-7-8-9-10-11-12-15(17)16-13-14(3)5-2/h9-12,14H,4-8,13H2,1-3H3,(H,16,17)/b10-9+,12-11+. The van der Waals surface area contributed by atoms with Crippen LogP contribution in [0.4, 0.5) is 0 Å². The molecule has 0 aromatic carbocycles. The summed E-state index contributed by atoms with van der Waals surface area (Å²) >= 11 is 0. The summed E-state index contributed by atoms with van der Waals surface area (Å²) in [5, 5.41) is 2.88. The topological polar surface area (TPSA) is 29.1 Å². The Morgan fingerprint density at radius 2 is 2.00 bits per heavy atom. The summed E-state index contributed by atoms with van der Waals surface area (Å²) in [4.78, 5) is 11.4. The van der Waals surface area contributed by atoms with E-state index in [1.165, 1.54) is 19.3 Å². The van der Waals surface area contributed by atoms with Crippen LogP contribution in [0.5, 0.6) is 0 Å². The largest absolute Gasteiger partial charge is 0.352 e. The lowest BCUT2D eigenvalue weighted by molar-refractivity contribution is -0.116. The third-order valence-corrected chi connectivity index (χ3v) is 2.79. The Bertz CT molecular complexity index is 243. The third kappa shape index (κ3) is 11.2. The van der Waals surface area contributed by atoms with Gasteiger partial charge in [-0.2, -0.15) is 0 Å². The first-order valence-corrected chi connectivity index (χ1v) is 6.81. The number of nitrogens with one attached hydrogen (secondary N) is 1. The van der Waals surface area contributed by atoms with Crippen LogP contribution in [-0.4, -0.2) is 12.5 Å². The van der Waals surface area contributed by atoms with Crippen LogP contribution in [0.15, 0.2) is 24.3 Å². The SMILES string of the molecule is CCCCC/C=C/C=C/C(=O)NCC(C)CC. The fourth-order valence-corrected chi connectivity index (χ4v) is 1.31. The highest BCUT2D eigenvalue weighted by Crippen LogP contribution is 1.99. The van der Waals surface area contributed by atoms with Gasteiger partial charge in [0.2, 0.25) is 5.91 Å². The molecule has 0 aromatic heterocycles. The maximum atomic E-state index is 11.4. The van der Waals surface area contributed by atoms with E-state index >= 15 is 0 Å². The molecule has 1 N–H and O–H groups in total. The molecular weight excluding hydrogens is 210 g/mol. The lowest BCUT2D eigenvalue weighted by atomic mass is 10.1. The minimum Gasteiger partial charge on any atom is -0.352 e. The summed E-state index contributed by atoms with van der Waals surface area (Å²) in [5.41, 5.74) is 0. The summed E-state index contributed by atoms with van der Waals surface area (Å²) in [6.07, 6.45) is 13.5. The Hall–Kier alpha value is -1.05. The molecule has 2 nitrogen and oxygen atoms in total. The molecule has 1 atom stereocenters. The van der Waals surface area contributed by atoms with Crippen LogP contribution in [0.25, 0.3) is 0 Å². The number of amides is 1. The van der Waals surface area contributed by atoms with E-state index in [1.54, 1.807) is 6.08 Å². The average Bonchev–Trinajstić information content (AvgIpc) is 2.34. The van der Waals surface area contributed by atoms with Crippen molar-refractivity contribution in [3.63, 3.8) is 0 Å². The maximum Gasteiger partial charge on any atom is 0.243 e. The second-order valence-corrected chi connectivity index (χ2v) is 4.54. The van der Waals surface area contributed by atoms with Crippen molar-refractivity contribution in [2.45, 2.75) is 52.9 Å². The molecular formula is C15H27NO. The molecule has 1 amide bonds. The highest BCUT2D eigenvalue weighted by molar-refractivity contribution is 5.87. The second kappa shape index (κ2) is 11.4. The van der Waals surface area contributed by atoms with Gasteiger partial charge in [0.25, 0.3) is 0 Å². The molecule has 0 aliphatic heterocycles. The van der Waals surface area contributed by atoms with Crippen molar-refractivity contribution in [2.75, 3.05) is 6.54 Å². The van der Waals surface area contributed by atoms with Gasteiger partial charge in [-0.05, 0) is 18.8 Å². The van der Waals surface area contributed by atoms with Crippen molar-refractivity contribution >= 4 is 5.91 Å². The molecule has 98 valence electrons. The summed E-state index contributed by atoms with van der Waals surface area (Å²) in [6, 6.07) is 0. The van der Waals surface area contributed by atoms with Crippen molar-refractivity contribution in [1.82, 2.24) is 5.32 Å². The molecule has 2 heteroatoms. The van der Waals surface area contributed by atoms with Crippen LogP contribution in [0.2, 0.25) is 0 Å². The van der Waals surface area contributed by atoms with Gasteiger partial charge in [-0.25, -0.2) is 0 Å². The van der Waals surface area contributed by atoms with Crippen LogP contribution in [0.3, 0.4) is 0 Å². The molecule has 0 heterocycles. The van der Waals surface area contributed by atoms with E-state index < -0.39 is 0 Å². The van der Waals surface area contributed by atoms with Gasteiger partial charge in [-0.15, -0.1) is 0 Å². The number of carbonyl (C=O) groups is 1. The lowest BCUT2D eigenvalue weighted by Crippen LogP contribution is -2.26. The fraction of sp³-hybridized carbons (Fsp3) is 0.667. The monoisotopic (exact) mass is 237 g/mol. The van der Waals surface area contributed by atoms with E-state index in [-0.39, 0.29) is 5.91 Å². The van der Waals surface area contributed by atoms with Crippen LogP contribution >= 0.6 is 0 Å². The van der Waals surface area contributed by atoms with Gasteiger partial charge >= 0.3 is 0 Å². The molecule has 0 aromatic rings. The molecule has 0 saturated heterocycles. The average molecular weight is 237 g/mol. The zero-order valence-electron chi connectivity index (χ0n) is 11.5. The molecule has 17 heavy (non-hydrogen) atoms. The fourth-order valence-electron chi connectivity index (χ4n) is 1.31. The van der Waals surface area contributed by atoms with Crippen LogP contribution < -0.4 is 5.32 Å². The van der Waals surface area contributed by atoms with E-state index in [1.807, 2.05) is 12.2 Å².